The minimum absolute atomic E-state index is 0.147. The first kappa shape index (κ1) is 31.6. The molecule has 10 nitrogen and oxygen atoms in total. The average molecular weight is 675 g/mol. The lowest BCUT2D eigenvalue weighted by molar-refractivity contribution is -0.131. The van der Waals surface area contributed by atoms with Crippen LogP contribution < -0.4 is 10.1 Å². The number of benzene rings is 2. The van der Waals surface area contributed by atoms with Gasteiger partial charge >= 0.3 is 0 Å². The molecule has 0 radical (unpaired) electrons. The molecule has 2 saturated heterocycles. The van der Waals surface area contributed by atoms with Gasteiger partial charge in [0.1, 0.15) is 0 Å². The van der Waals surface area contributed by atoms with Gasteiger partial charge in [0.25, 0.3) is 5.91 Å². The largest absolute Gasteiger partial charge is 0.481 e. The fourth-order valence-electron chi connectivity index (χ4n) is 7.28. The number of aromatic nitrogens is 3. The number of amides is 2. The summed E-state index contributed by atoms with van der Waals surface area (Å²) in [5.41, 5.74) is 6.28. The number of imidazole rings is 1. The first-order chi connectivity index (χ1) is 22.6. The maximum Gasteiger partial charge on any atom is 0.291 e. The highest BCUT2D eigenvalue weighted by Gasteiger charge is 2.44. The second-order valence-electron chi connectivity index (χ2n) is 12.7. The van der Waals surface area contributed by atoms with Crippen LogP contribution in [0.5, 0.6) is 5.88 Å². The zero-order valence-electron chi connectivity index (χ0n) is 26.9. The number of carbonyl (C=O) groups is 2. The minimum atomic E-state index is -0.322. The van der Waals surface area contributed by atoms with Crippen molar-refractivity contribution < 1.29 is 14.3 Å². The molecule has 2 fully saturated rings. The van der Waals surface area contributed by atoms with Gasteiger partial charge in [0.15, 0.2) is 5.82 Å². The number of pyridine rings is 1. The molecule has 0 spiro atoms. The van der Waals surface area contributed by atoms with Crippen LogP contribution in [0.1, 0.15) is 40.9 Å². The molecule has 2 aromatic heterocycles. The number of rotatable bonds is 7. The minimum Gasteiger partial charge on any atom is -0.481 e. The third kappa shape index (κ3) is 5.77. The Bertz CT molecular complexity index is 1890. The van der Waals surface area contributed by atoms with Crippen LogP contribution in [0.15, 0.2) is 48.5 Å². The molecule has 3 aliphatic rings. The molecule has 2 bridgehead atoms. The van der Waals surface area contributed by atoms with Crippen LogP contribution in [-0.2, 0) is 31.4 Å². The van der Waals surface area contributed by atoms with Gasteiger partial charge in [0, 0.05) is 93.1 Å². The predicted octanol–water partition coefficient (Wildman–Crippen LogP) is 5.51. The van der Waals surface area contributed by atoms with E-state index in [1.165, 1.54) is 0 Å². The summed E-state index contributed by atoms with van der Waals surface area (Å²) in [7, 11) is 5.55. The first-order valence-corrected chi connectivity index (χ1v) is 16.6. The quantitative estimate of drug-likeness (QED) is 0.276. The van der Waals surface area contributed by atoms with E-state index in [1.807, 2.05) is 66.0 Å². The van der Waals surface area contributed by atoms with Crippen molar-refractivity contribution >= 4 is 40.7 Å². The summed E-state index contributed by atoms with van der Waals surface area (Å²) >= 11 is 14.0. The topological polar surface area (TPSA) is 95.8 Å². The monoisotopic (exact) mass is 673 g/mol. The molecule has 244 valence electrons. The number of fused-ring (bicyclic) bond motifs is 3. The van der Waals surface area contributed by atoms with Gasteiger partial charge in [-0.05, 0) is 25.6 Å². The molecule has 1 N–H and O–H groups in total. The molecule has 2 amide bonds. The van der Waals surface area contributed by atoms with Gasteiger partial charge in [-0.3, -0.25) is 14.5 Å². The highest BCUT2D eigenvalue weighted by Crippen LogP contribution is 2.42. The maximum absolute atomic E-state index is 13.4. The Balaban J connectivity index is 1.12. The number of carbonyl (C=O) groups excluding carboxylic acids is 2. The van der Waals surface area contributed by atoms with E-state index in [2.05, 4.69) is 20.1 Å². The highest BCUT2D eigenvalue weighted by atomic mass is 35.5. The Morgan fingerprint density at radius 3 is 2.43 bits per heavy atom. The summed E-state index contributed by atoms with van der Waals surface area (Å²) < 4.78 is 7.62. The number of piperazine rings is 1. The zero-order chi connectivity index (χ0) is 33.0. The van der Waals surface area contributed by atoms with Gasteiger partial charge in [-0.1, -0.05) is 59.6 Å². The SMILES string of the molecule is COc1nc(-c2cccc(-c3cccc(NC(=O)c4nc5c(n4C)CCN(C)C5)c3Cl)c2Cl)ccc1CN1C[C@@H]2C[C@H]1CN2C(C)=O. The van der Waals surface area contributed by atoms with Crippen LogP contribution >= 0.6 is 23.2 Å². The van der Waals surface area contributed by atoms with Crippen molar-refractivity contribution in [2.24, 2.45) is 7.05 Å². The lowest BCUT2D eigenvalue weighted by Gasteiger charge is -2.33. The summed E-state index contributed by atoms with van der Waals surface area (Å²) in [4.78, 5) is 41.4. The molecule has 12 heteroatoms. The number of ether oxygens (including phenoxy) is 1. The number of likely N-dealkylation sites (tertiary alicyclic amines) is 2. The van der Waals surface area contributed by atoms with Crippen molar-refractivity contribution in [2.45, 2.75) is 44.9 Å². The van der Waals surface area contributed by atoms with Crippen LogP contribution in [0.2, 0.25) is 10.0 Å². The van der Waals surface area contributed by atoms with Crippen LogP contribution in [0.25, 0.3) is 22.4 Å². The van der Waals surface area contributed by atoms with Crippen molar-refractivity contribution in [1.82, 2.24) is 29.2 Å². The lowest BCUT2D eigenvalue weighted by atomic mass is 10.00. The average Bonchev–Trinajstić information content (AvgIpc) is 3.75. The summed E-state index contributed by atoms with van der Waals surface area (Å²) in [6.07, 6.45) is 1.85. The van der Waals surface area contributed by atoms with Crippen LogP contribution in [0.4, 0.5) is 5.69 Å². The Morgan fingerprint density at radius 2 is 1.70 bits per heavy atom. The number of methoxy groups -OCH3 is 1. The third-order valence-corrected chi connectivity index (χ3v) is 10.5. The van der Waals surface area contributed by atoms with Gasteiger partial charge in [0.2, 0.25) is 11.8 Å². The molecule has 4 aromatic rings. The number of nitrogens with one attached hydrogen (secondary N) is 1. The van der Waals surface area contributed by atoms with Crippen LogP contribution in [-0.4, -0.2) is 86.9 Å². The summed E-state index contributed by atoms with van der Waals surface area (Å²) in [5.74, 6) is 0.720. The van der Waals surface area contributed by atoms with E-state index < -0.39 is 0 Å². The molecule has 0 saturated carbocycles. The number of nitrogens with zero attached hydrogens (tertiary/aromatic N) is 6. The smallest absolute Gasteiger partial charge is 0.291 e. The van der Waals surface area contributed by atoms with Gasteiger partial charge in [-0.2, -0.15) is 0 Å². The Hall–Kier alpha value is -3.96. The highest BCUT2D eigenvalue weighted by molar-refractivity contribution is 6.39. The van der Waals surface area contributed by atoms with Gasteiger partial charge in [0.05, 0.1) is 34.2 Å². The van der Waals surface area contributed by atoms with E-state index in [-0.39, 0.29) is 17.9 Å². The molecule has 2 aromatic carbocycles. The molecule has 5 heterocycles. The standard InChI is InChI=1S/C35H37Cl2N7O3/c1-20(45)44-18-22-15-23(44)17-43(22)16-21-11-12-27(40-35(21)47-4)26-9-5-7-24(31(26)36)25-8-6-10-28(32(25)37)39-34(46)33-38-29-19-41(2)14-13-30(29)42(33)3/h5-12,22-23H,13-19H2,1-4H3,(H,39,46)/t22-,23-/m0/s1. The number of hydrogen-bond acceptors (Lipinski definition) is 7. The van der Waals surface area contributed by atoms with Crippen molar-refractivity contribution in [2.75, 3.05) is 39.1 Å². The molecule has 47 heavy (non-hydrogen) atoms. The van der Waals surface area contributed by atoms with Crippen molar-refractivity contribution in [3.05, 3.63) is 81.4 Å². The Labute approximate surface area is 284 Å². The van der Waals surface area contributed by atoms with E-state index in [0.717, 1.165) is 55.0 Å². The number of likely N-dealkylation sites (N-methyl/N-ethyl adjacent to an activating group) is 1. The van der Waals surface area contributed by atoms with E-state index in [0.29, 0.717) is 63.4 Å². The second kappa shape index (κ2) is 12.6. The molecule has 0 aliphatic carbocycles. The molecule has 7 rings (SSSR count). The molecular formula is C35H37Cl2N7O3. The van der Waals surface area contributed by atoms with Crippen molar-refractivity contribution in [3.8, 4) is 28.3 Å². The Morgan fingerprint density at radius 1 is 0.957 bits per heavy atom. The fourth-order valence-corrected chi connectivity index (χ4v) is 7.88. The Kier molecular flexibility index (Phi) is 8.46. The van der Waals surface area contributed by atoms with E-state index in [9.17, 15) is 9.59 Å². The van der Waals surface area contributed by atoms with E-state index in [1.54, 1.807) is 20.1 Å². The van der Waals surface area contributed by atoms with Gasteiger partial charge < -0.3 is 24.4 Å². The first-order valence-electron chi connectivity index (χ1n) is 15.8. The molecule has 0 unspecified atom stereocenters. The van der Waals surface area contributed by atoms with Gasteiger partial charge in [-0.25, -0.2) is 9.97 Å². The number of anilines is 1. The van der Waals surface area contributed by atoms with E-state index in [4.69, 9.17) is 32.9 Å². The third-order valence-electron chi connectivity index (χ3n) is 9.73. The molecule has 3 aliphatic heterocycles. The van der Waals surface area contributed by atoms with E-state index >= 15 is 0 Å². The molecule has 2 atom stereocenters. The van der Waals surface area contributed by atoms with Crippen LogP contribution in [0.3, 0.4) is 0 Å². The fraction of sp³-hybridized carbons (Fsp3) is 0.371. The normalized spacial score (nSPS) is 19.2. The van der Waals surface area contributed by atoms with Crippen molar-refractivity contribution in [3.63, 3.8) is 0 Å². The van der Waals surface area contributed by atoms with Crippen molar-refractivity contribution in [1.29, 1.82) is 0 Å². The summed E-state index contributed by atoms with van der Waals surface area (Å²) in [5, 5.41) is 3.83. The summed E-state index contributed by atoms with van der Waals surface area (Å²) in [6, 6.07) is 15.9. The zero-order valence-corrected chi connectivity index (χ0v) is 28.4. The predicted molar refractivity (Wildman–Crippen MR) is 183 cm³/mol. The number of hydrogen-bond donors (Lipinski definition) is 1. The van der Waals surface area contributed by atoms with Crippen LogP contribution in [0, 0.1) is 0 Å². The van der Waals surface area contributed by atoms with Gasteiger partial charge in [-0.15, -0.1) is 0 Å². The molecular weight excluding hydrogens is 637 g/mol. The number of halogens is 2. The second-order valence-corrected chi connectivity index (χ2v) is 13.4. The summed E-state index contributed by atoms with van der Waals surface area (Å²) in [6.45, 7) is 5.61. The lowest BCUT2D eigenvalue weighted by Crippen LogP contribution is -2.47. The maximum atomic E-state index is 13.4.